The minimum absolute atomic E-state index is 0.0328. The topological polar surface area (TPSA) is 84.7 Å². The number of hydrogen-bond acceptors (Lipinski definition) is 5. The lowest BCUT2D eigenvalue weighted by atomic mass is 9.70. The molecular formula is C17H25N3O4. The van der Waals surface area contributed by atoms with Crippen LogP contribution in [0.15, 0.2) is 10.6 Å². The molecule has 0 aromatic carbocycles. The van der Waals surface area contributed by atoms with Crippen molar-refractivity contribution in [2.45, 2.75) is 63.8 Å². The Morgan fingerprint density at radius 3 is 2.88 bits per heavy atom. The van der Waals surface area contributed by atoms with Gasteiger partial charge in [-0.25, -0.2) is 4.79 Å². The van der Waals surface area contributed by atoms with E-state index in [0.29, 0.717) is 12.4 Å². The van der Waals surface area contributed by atoms with E-state index in [1.165, 1.54) is 31.1 Å². The molecule has 2 amide bonds. The summed E-state index contributed by atoms with van der Waals surface area (Å²) in [5.41, 5.74) is 0.0328. The first-order valence-corrected chi connectivity index (χ1v) is 8.73. The van der Waals surface area contributed by atoms with Crippen molar-refractivity contribution in [3.05, 3.63) is 11.8 Å². The molecular weight excluding hydrogens is 310 g/mol. The van der Waals surface area contributed by atoms with E-state index in [-0.39, 0.29) is 30.1 Å². The van der Waals surface area contributed by atoms with Crippen LogP contribution in [-0.4, -0.2) is 36.4 Å². The van der Waals surface area contributed by atoms with E-state index in [0.717, 1.165) is 25.0 Å². The monoisotopic (exact) mass is 335 g/mol. The van der Waals surface area contributed by atoms with Crippen LogP contribution in [0.25, 0.3) is 0 Å². The number of esters is 1. The molecule has 0 spiro atoms. The van der Waals surface area contributed by atoms with Crippen LogP contribution in [0.2, 0.25) is 0 Å². The van der Waals surface area contributed by atoms with Gasteiger partial charge in [0.2, 0.25) is 0 Å². The molecule has 1 aromatic heterocycles. The fraction of sp³-hybridized carbons (Fsp3) is 0.706. The number of rotatable bonds is 5. The van der Waals surface area contributed by atoms with E-state index in [9.17, 15) is 9.59 Å². The van der Waals surface area contributed by atoms with Gasteiger partial charge < -0.3 is 14.6 Å². The lowest BCUT2D eigenvalue weighted by molar-refractivity contribution is -0.141. The summed E-state index contributed by atoms with van der Waals surface area (Å²) in [7, 11) is 0. The summed E-state index contributed by atoms with van der Waals surface area (Å²) in [4.78, 5) is 24.7. The summed E-state index contributed by atoms with van der Waals surface area (Å²) < 4.78 is 10.7. The normalized spacial score (nSPS) is 23.2. The molecule has 1 saturated heterocycles. The first-order valence-electron chi connectivity index (χ1n) is 8.73. The minimum Gasteiger partial charge on any atom is -0.464 e. The second kappa shape index (κ2) is 6.83. The summed E-state index contributed by atoms with van der Waals surface area (Å²) in [6, 6.07) is 1.39. The van der Waals surface area contributed by atoms with E-state index < -0.39 is 0 Å². The molecule has 3 rings (SSSR count). The number of hydrogen-bond donors (Lipinski definition) is 1. The minimum atomic E-state index is -0.359. The SMILES string of the molecule is CCC1(c2cc(N3C(=O)NCC3COC(C)=O)no2)CCCCC1. The highest BCUT2D eigenvalue weighted by Gasteiger charge is 2.39. The van der Waals surface area contributed by atoms with Crippen LogP contribution in [0.3, 0.4) is 0 Å². The molecule has 2 fully saturated rings. The van der Waals surface area contributed by atoms with Gasteiger partial charge in [-0.05, 0) is 19.3 Å². The Morgan fingerprint density at radius 1 is 1.46 bits per heavy atom. The molecule has 7 heteroatoms. The molecule has 0 radical (unpaired) electrons. The van der Waals surface area contributed by atoms with Crippen LogP contribution in [0.1, 0.15) is 58.1 Å². The number of anilines is 1. The van der Waals surface area contributed by atoms with Gasteiger partial charge in [-0.3, -0.25) is 9.69 Å². The largest absolute Gasteiger partial charge is 0.464 e. The van der Waals surface area contributed by atoms with Crippen LogP contribution in [0.5, 0.6) is 0 Å². The van der Waals surface area contributed by atoms with Crippen molar-refractivity contribution in [2.75, 3.05) is 18.1 Å². The molecule has 1 atom stereocenters. The fourth-order valence-corrected chi connectivity index (χ4v) is 3.82. The van der Waals surface area contributed by atoms with Crippen molar-refractivity contribution >= 4 is 17.8 Å². The zero-order valence-corrected chi connectivity index (χ0v) is 14.3. The molecule has 24 heavy (non-hydrogen) atoms. The maximum Gasteiger partial charge on any atom is 0.323 e. The molecule has 2 heterocycles. The van der Waals surface area contributed by atoms with Crippen LogP contribution in [0, 0.1) is 0 Å². The number of urea groups is 1. The highest BCUT2D eigenvalue weighted by molar-refractivity contribution is 5.94. The summed E-state index contributed by atoms with van der Waals surface area (Å²) in [5.74, 6) is 1.00. The second-order valence-corrected chi connectivity index (χ2v) is 6.76. The van der Waals surface area contributed by atoms with Gasteiger partial charge in [-0.15, -0.1) is 0 Å². The number of amides is 2. The molecule has 1 aliphatic heterocycles. The summed E-state index contributed by atoms with van der Waals surface area (Å²) in [6.07, 6.45) is 6.86. The zero-order chi connectivity index (χ0) is 17.2. The van der Waals surface area contributed by atoms with Crippen molar-refractivity contribution in [1.82, 2.24) is 10.5 Å². The lowest BCUT2D eigenvalue weighted by Gasteiger charge is -2.33. The third-order valence-corrected chi connectivity index (χ3v) is 5.31. The van der Waals surface area contributed by atoms with Crippen molar-refractivity contribution < 1.29 is 18.8 Å². The van der Waals surface area contributed by atoms with Gasteiger partial charge in [-0.2, -0.15) is 0 Å². The predicted octanol–water partition coefficient (Wildman–Crippen LogP) is 2.75. The number of nitrogens with zero attached hydrogens (tertiary/aromatic N) is 2. The van der Waals surface area contributed by atoms with Crippen molar-refractivity contribution in [1.29, 1.82) is 0 Å². The highest BCUT2D eigenvalue weighted by atomic mass is 16.5. The van der Waals surface area contributed by atoms with E-state index in [2.05, 4.69) is 17.4 Å². The smallest absolute Gasteiger partial charge is 0.323 e. The zero-order valence-electron chi connectivity index (χ0n) is 14.3. The van der Waals surface area contributed by atoms with E-state index in [1.807, 2.05) is 6.07 Å². The maximum absolute atomic E-state index is 12.2. The van der Waals surface area contributed by atoms with Crippen LogP contribution >= 0.6 is 0 Å². The standard InChI is InChI=1S/C17H25N3O4/c1-3-17(7-5-4-6-8-17)14-9-15(19-24-14)20-13(10-18-16(20)22)11-23-12(2)21/h9,13H,3-8,10-11H2,1-2H3,(H,18,22). The predicted molar refractivity (Wildman–Crippen MR) is 87.9 cm³/mol. The van der Waals surface area contributed by atoms with Crippen molar-refractivity contribution in [3.8, 4) is 0 Å². The van der Waals surface area contributed by atoms with E-state index in [4.69, 9.17) is 9.26 Å². The summed E-state index contributed by atoms with van der Waals surface area (Å²) in [5, 5.41) is 6.91. The van der Waals surface area contributed by atoms with Gasteiger partial charge in [0.1, 0.15) is 12.4 Å². The van der Waals surface area contributed by atoms with Crippen molar-refractivity contribution in [2.24, 2.45) is 0 Å². The number of carbonyl (C=O) groups is 2. The van der Waals surface area contributed by atoms with Gasteiger partial charge in [-0.1, -0.05) is 31.3 Å². The third-order valence-electron chi connectivity index (χ3n) is 5.31. The Hall–Kier alpha value is -2.05. The number of nitrogens with one attached hydrogen (secondary N) is 1. The summed E-state index contributed by atoms with van der Waals surface area (Å²) >= 11 is 0. The number of carbonyl (C=O) groups excluding carboxylic acids is 2. The van der Waals surface area contributed by atoms with Crippen LogP contribution in [-0.2, 0) is 14.9 Å². The van der Waals surface area contributed by atoms with Gasteiger partial charge in [0.05, 0.1) is 6.04 Å². The molecule has 7 nitrogen and oxygen atoms in total. The third kappa shape index (κ3) is 3.12. The molecule has 2 aliphatic rings. The van der Waals surface area contributed by atoms with Gasteiger partial charge >= 0.3 is 12.0 Å². The Balaban J connectivity index is 1.80. The first-order chi connectivity index (χ1) is 11.6. The maximum atomic E-state index is 12.2. The van der Waals surface area contributed by atoms with E-state index in [1.54, 1.807) is 0 Å². The highest BCUT2D eigenvalue weighted by Crippen LogP contribution is 2.43. The van der Waals surface area contributed by atoms with Crippen LogP contribution < -0.4 is 10.2 Å². The molecule has 1 unspecified atom stereocenters. The quantitative estimate of drug-likeness (QED) is 0.836. The molecule has 0 bridgehead atoms. The second-order valence-electron chi connectivity index (χ2n) is 6.76. The summed E-state index contributed by atoms with van der Waals surface area (Å²) in [6.45, 7) is 4.11. The first kappa shape index (κ1) is 16.8. The average molecular weight is 335 g/mol. The fourth-order valence-electron chi connectivity index (χ4n) is 3.82. The van der Waals surface area contributed by atoms with Crippen molar-refractivity contribution in [3.63, 3.8) is 0 Å². The average Bonchev–Trinajstić information content (AvgIpc) is 3.20. The van der Waals surface area contributed by atoms with E-state index >= 15 is 0 Å². The molecule has 132 valence electrons. The Morgan fingerprint density at radius 2 is 2.21 bits per heavy atom. The van der Waals surface area contributed by atoms with Crippen LogP contribution in [0.4, 0.5) is 10.6 Å². The molecule has 1 aromatic rings. The lowest BCUT2D eigenvalue weighted by Crippen LogP contribution is -2.38. The molecule has 1 aliphatic carbocycles. The number of ether oxygens (including phenoxy) is 1. The van der Waals surface area contributed by atoms with Gasteiger partial charge in [0, 0.05) is 24.9 Å². The Bertz CT molecular complexity index is 607. The molecule has 1 saturated carbocycles. The van der Waals surface area contributed by atoms with Gasteiger partial charge in [0.15, 0.2) is 5.82 Å². The molecule has 1 N–H and O–H groups in total. The Kier molecular flexibility index (Phi) is 4.78. The number of aromatic nitrogens is 1. The Labute approximate surface area is 141 Å². The van der Waals surface area contributed by atoms with Gasteiger partial charge in [0.25, 0.3) is 0 Å².